The molecule has 1 aliphatic carbocycles. The van der Waals surface area contributed by atoms with Crippen molar-refractivity contribution >= 4 is 0 Å². The van der Waals surface area contributed by atoms with Crippen LogP contribution in [0.3, 0.4) is 0 Å². The van der Waals surface area contributed by atoms with E-state index in [0.29, 0.717) is 0 Å². The highest BCUT2D eigenvalue weighted by Crippen LogP contribution is 2.24. The molecule has 1 fully saturated rings. The van der Waals surface area contributed by atoms with Gasteiger partial charge < -0.3 is 0 Å². The molecule has 0 heteroatoms. The topological polar surface area (TPSA) is 0 Å². The maximum absolute atomic E-state index is 2.46. The van der Waals surface area contributed by atoms with E-state index in [1.165, 1.54) is 70.6 Å². The summed E-state index contributed by atoms with van der Waals surface area (Å²) in [6.07, 6.45) is 16.2. The lowest BCUT2D eigenvalue weighted by Crippen LogP contribution is -2.02. The zero-order chi connectivity index (χ0) is 12.5. The number of hydrogen-bond donors (Lipinski definition) is 0. The summed E-state index contributed by atoms with van der Waals surface area (Å²) in [6, 6.07) is 0. The molecule has 0 aromatic heterocycles. The van der Waals surface area contributed by atoms with Gasteiger partial charge in [0.15, 0.2) is 0 Å². The van der Waals surface area contributed by atoms with Crippen molar-refractivity contribution in [2.45, 2.75) is 91.4 Å². The highest BCUT2D eigenvalue weighted by Gasteiger charge is 2.09. The van der Waals surface area contributed by atoms with Crippen molar-refractivity contribution in [1.82, 2.24) is 0 Å². The Labute approximate surface area is 110 Å². The summed E-state index contributed by atoms with van der Waals surface area (Å²) in [5, 5.41) is 0. The quantitative estimate of drug-likeness (QED) is 0.471. The van der Waals surface area contributed by atoms with Crippen molar-refractivity contribution in [1.29, 1.82) is 0 Å². The summed E-state index contributed by atoms with van der Waals surface area (Å²) in [6.45, 7) is 7.37. The molecule has 0 aliphatic heterocycles. The highest BCUT2D eigenvalue weighted by atomic mass is 14.1. The first-order valence-corrected chi connectivity index (χ1v) is 8.18. The van der Waals surface area contributed by atoms with Gasteiger partial charge in [0.1, 0.15) is 0 Å². The lowest BCUT2D eigenvalue weighted by atomic mass is 9.89. The third-order valence-electron chi connectivity index (χ3n) is 4.68. The second-order valence-corrected chi connectivity index (χ2v) is 6.82. The first kappa shape index (κ1) is 15.1. The lowest BCUT2D eigenvalue weighted by molar-refractivity contribution is 0.360. The summed E-state index contributed by atoms with van der Waals surface area (Å²) < 4.78 is 0. The second kappa shape index (κ2) is 9.00. The Bertz CT molecular complexity index is 155. The molecular formula is C17H34. The van der Waals surface area contributed by atoms with Crippen molar-refractivity contribution in [3.8, 4) is 0 Å². The van der Waals surface area contributed by atoms with Gasteiger partial charge in [-0.05, 0) is 17.8 Å². The Hall–Kier alpha value is 0. The predicted molar refractivity (Wildman–Crippen MR) is 78.3 cm³/mol. The second-order valence-electron chi connectivity index (χ2n) is 6.82. The molecule has 0 aromatic rings. The van der Waals surface area contributed by atoms with E-state index in [1.807, 2.05) is 0 Å². The molecule has 102 valence electrons. The van der Waals surface area contributed by atoms with Crippen molar-refractivity contribution in [3.63, 3.8) is 0 Å². The molecule has 0 bridgehead atoms. The van der Waals surface area contributed by atoms with Crippen LogP contribution in [0.15, 0.2) is 0 Å². The summed E-state index contributed by atoms with van der Waals surface area (Å²) in [7, 11) is 0. The largest absolute Gasteiger partial charge is 0.0625 e. The van der Waals surface area contributed by atoms with Crippen molar-refractivity contribution < 1.29 is 0 Å². The van der Waals surface area contributed by atoms with E-state index in [-0.39, 0.29) is 0 Å². The fourth-order valence-electron chi connectivity index (χ4n) is 3.22. The van der Waals surface area contributed by atoms with Gasteiger partial charge in [0.05, 0.1) is 0 Å². The predicted octanol–water partition coefficient (Wildman–Crippen LogP) is 6.20. The van der Waals surface area contributed by atoms with Crippen LogP contribution in [0.25, 0.3) is 0 Å². The molecule has 0 spiro atoms. The van der Waals surface area contributed by atoms with Crippen molar-refractivity contribution in [2.24, 2.45) is 17.8 Å². The first-order valence-electron chi connectivity index (χ1n) is 8.18. The zero-order valence-electron chi connectivity index (χ0n) is 12.5. The highest BCUT2D eigenvalue weighted by molar-refractivity contribution is 4.62. The van der Waals surface area contributed by atoms with Gasteiger partial charge in [-0.25, -0.2) is 0 Å². The van der Waals surface area contributed by atoms with E-state index in [9.17, 15) is 0 Å². The molecule has 0 heterocycles. The van der Waals surface area contributed by atoms with Crippen LogP contribution in [0.5, 0.6) is 0 Å². The Morgan fingerprint density at radius 1 is 0.412 bits per heavy atom. The van der Waals surface area contributed by atoms with Gasteiger partial charge >= 0.3 is 0 Å². The third kappa shape index (κ3) is 7.84. The smallest absolute Gasteiger partial charge is 0.0443 e. The fourth-order valence-corrected chi connectivity index (χ4v) is 3.22. The number of rotatable bonds is 0. The Kier molecular flexibility index (Phi) is 7.97. The van der Waals surface area contributed by atoms with Crippen LogP contribution in [0, 0.1) is 17.8 Å². The van der Waals surface area contributed by atoms with Gasteiger partial charge in [0.25, 0.3) is 0 Å². The SMILES string of the molecule is CC1CCCCCC(C)CCCC(C)CCC1. The normalized spacial score (nSPS) is 35.1. The lowest BCUT2D eigenvalue weighted by Gasteiger charge is -2.17. The monoisotopic (exact) mass is 238 g/mol. The minimum absolute atomic E-state index is 0.970. The van der Waals surface area contributed by atoms with E-state index >= 15 is 0 Å². The Balaban J connectivity index is 2.28. The molecule has 0 nitrogen and oxygen atoms in total. The van der Waals surface area contributed by atoms with Gasteiger partial charge in [-0.3, -0.25) is 0 Å². The van der Waals surface area contributed by atoms with E-state index in [4.69, 9.17) is 0 Å². The maximum Gasteiger partial charge on any atom is -0.0443 e. The molecule has 0 saturated heterocycles. The van der Waals surface area contributed by atoms with E-state index in [1.54, 1.807) is 0 Å². The third-order valence-corrected chi connectivity index (χ3v) is 4.68. The van der Waals surface area contributed by atoms with E-state index in [0.717, 1.165) is 17.8 Å². The van der Waals surface area contributed by atoms with Crippen LogP contribution in [-0.4, -0.2) is 0 Å². The summed E-state index contributed by atoms with van der Waals surface area (Å²) in [4.78, 5) is 0. The molecule has 0 aromatic carbocycles. The molecule has 0 radical (unpaired) electrons. The molecule has 1 saturated carbocycles. The number of hydrogen-bond acceptors (Lipinski definition) is 0. The molecule has 2 atom stereocenters. The summed E-state index contributed by atoms with van der Waals surface area (Å²) >= 11 is 0. The van der Waals surface area contributed by atoms with Crippen molar-refractivity contribution in [2.75, 3.05) is 0 Å². The molecular weight excluding hydrogens is 204 g/mol. The van der Waals surface area contributed by atoms with Gasteiger partial charge in [0.2, 0.25) is 0 Å². The van der Waals surface area contributed by atoms with Gasteiger partial charge in [0, 0.05) is 0 Å². The average molecular weight is 238 g/mol. The summed E-state index contributed by atoms with van der Waals surface area (Å²) in [5.74, 6) is 2.92. The Morgan fingerprint density at radius 3 is 1.06 bits per heavy atom. The van der Waals surface area contributed by atoms with E-state index in [2.05, 4.69) is 20.8 Å². The first-order chi connectivity index (χ1) is 8.18. The minimum atomic E-state index is 0.970. The molecule has 1 rings (SSSR count). The molecule has 1 aliphatic rings. The van der Waals surface area contributed by atoms with Gasteiger partial charge in [-0.2, -0.15) is 0 Å². The van der Waals surface area contributed by atoms with E-state index < -0.39 is 0 Å². The maximum atomic E-state index is 2.46. The summed E-state index contributed by atoms with van der Waals surface area (Å²) in [5.41, 5.74) is 0. The zero-order valence-corrected chi connectivity index (χ0v) is 12.5. The molecule has 17 heavy (non-hydrogen) atoms. The van der Waals surface area contributed by atoms with Crippen LogP contribution in [0.2, 0.25) is 0 Å². The average Bonchev–Trinajstić information content (AvgIpc) is 2.27. The van der Waals surface area contributed by atoms with Gasteiger partial charge in [-0.1, -0.05) is 91.4 Å². The van der Waals surface area contributed by atoms with Crippen LogP contribution < -0.4 is 0 Å². The standard InChI is InChI=1S/C17H34/c1-15-9-5-4-6-10-16(2)12-8-14-17(3)13-7-11-15/h15-17H,4-14H2,1-3H3. The van der Waals surface area contributed by atoms with Gasteiger partial charge in [-0.15, -0.1) is 0 Å². The van der Waals surface area contributed by atoms with Crippen molar-refractivity contribution in [3.05, 3.63) is 0 Å². The molecule has 2 unspecified atom stereocenters. The minimum Gasteiger partial charge on any atom is -0.0625 e. The fraction of sp³-hybridized carbons (Fsp3) is 1.00. The Morgan fingerprint density at radius 2 is 0.706 bits per heavy atom. The van der Waals surface area contributed by atoms with Crippen LogP contribution >= 0.6 is 0 Å². The van der Waals surface area contributed by atoms with Crippen LogP contribution in [0.4, 0.5) is 0 Å². The van der Waals surface area contributed by atoms with Crippen LogP contribution in [-0.2, 0) is 0 Å². The molecule has 0 N–H and O–H groups in total. The molecule has 0 amide bonds. The van der Waals surface area contributed by atoms with Crippen LogP contribution in [0.1, 0.15) is 91.4 Å².